The third-order valence-electron chi connectivity index (χ3n) is 7.62. The van der Waals surface area contributed by atoms with Crippen molar-refractivity contribution < 1.29 is 23.8 Å². The van der Waals surface area contributed by atoms with Gasteiger partial charge in [0.05, 0.1) is 38.4 Å². The van der Waals surface area contributed by atoms with Gasteiger partial charge in [-0.25, -0.2) is 4.79 Å². The number of ether oxygens (including phenoxy) is 3. The first-order valence-corrected chi connectivity index (χ1v) is 13.5. The number of aromatic nitrogens is 1. The van der Waals surface area contributed by atoms with Crippen LogP contribution in [0.4, 0.5) is 16.2 Å². The zero-order valence-corrected chi connectivity index (χ0v) is 23.2. The first-order valence-electron chi connectivity index (χ1n) is 13.5. The molecule has 3 amide bonds. The molecule has 1 atom stereocenters. The van der Waals surface area contributed by atoms with E-state index in [2.05, 4.69) is 9.88 Å². The van der Waals surface area contributed by atoms with Crippen molar-refractivity contribution in [2.45, 2.75) is 24.9 Å². The fourth-order valence-corrected chi connectivity index (χ4v) is 5.45. The molecule has 2 heterocycles. The van der Waals surface area contributed by atoms with Gasteiger partial charge in [-0.3, -0.25) is 9.69 Å². The molecule has 0 radical (unpaired) electrons. The van der Waals surface area contributed by atoms with Crippen LogP contribution in [0.25, 0.3) is 5.69 Å². The first kappa shape index (κ1) is 26.3. The Bertz CT molecular complexity index is 1580. The highest BCUT2D eigenvalue weighted by Gasteiger charge is 2.41. The summed E-state index contributed by atoms with van der Waals surface area (Å²) in [5.41, 5.74) is 3.97. The third kappa shape index (κ3) is 4.95. The van der Waals surface area contributed by atoms with Crippen LogP contribution in [0.5, 0.6) is 17.2 Å². The fraction of sp³-hybridized carbons (Fsp3) is 0.250. The number of methoxy groups -OCH3 is 3. The molecule has 1 aliphatic heterocycles. The maximum atomic E-state index is 14.4. The van der Waals surface area contributed by atoms with Crippen LogP contribution in [0.2, 0.25) is 0 Å². The van der Waals surface area contributed by atoms with E-state index in [1.165, 1.54) is 0 Å². The molecule has 1 aliphatic carbocycles. The van der Waals surface area contributed by atoms with Crippen LogP contribution >= 0.6 is 0 Å². The average molecular weight is 553 g/mol. The van der Waals surface area contributed by atoms with Gasteiger partial charge in [-0.15, -0.1) is 0 Å². The largest absolute Gasteiger partial charge is 0.497 e. The van der Waals surface area contributed by atoms with Crippen molar-refractivity contribution >= 4 is 23.3 Å². The van der Waals surface area contributed by atoms with E-state index in [-0.39, 0.29) is 24.5 Å². The second-order valence-electron chi connectivity index (χ2n) is 10.1. The van der Waals surface area contributed by atoms with Gasteiger partial charge in [0.15, 0.2) is 0 Å². The van der Waals surface area contributed by atoms with E-state index in [0.29, 0.717) is 22.9 Å². The summed E-state index contributed by atoms with van der Waals surface area (Å²) in [6.45, 7) is -0.0789. The number of benzene rings is 3. The zero-order chi connectivity index (χ0) is 28.5. The van der Waals surface area contributed by atoms with Crippen molar-refractivity contribution in [1.82, 2.24) is 9.47 Å². The van der Waals surface area contributed by atoms with E-state index < -0.39 is 6.04 Å². The zero-order valence-electron chi connectivity index (χ0n) is 23.2. The Labute approximate surface area is 238 Å². The summed E-state index contributed by atoms with van der Waals surface area (Å²) in [4.78, 5) is 31.3. The Hall–Kier alpha value is -4.92. The van der Waals surface area contributed by atoms with Crippen LogP contribution in [-0.4, -0.2) is 55.3 Å². The number of anilines is 2. The van der Waals surface area contributed by atoms with Gasteiger partial charge in [0.2, 0.25) is 5.91 Å². The van der Waals surface area contributed by atoms with E-state index in [1.54, 1.807) is 55.4 Å². The number of amides is 3. The topological polar surface area (TPSA) is 85.3 Å². The lowest BCUT2D eigenvalue weighted by molar-refractivity contribution is -0.119. The number of nitrogens with zero attached hydrogens (tertiary/aromatic N) is 3. The molecule has 1 N–H and O–H groups in total. The van der Waals surface area contributed by atoms with Gasteiger partial charge >= 0.3 is 6.03 Å². The number of para-hydroxylation sites is 2. The number of carbonyl (C=O) groups is 2. The molecule has 1 saturated carbocycles. The number of carbonyl (C=O) groups excluding carboxylic acids is 2. The summed E-state index contributed by atoms with van der Waals surface area (Å²) in [5, 5.41) is 2.95. The van der Waals surface area contributed by atoms with Crippen molar-refractivity contribution in [2.75, 3.05) is 38.1 Å². The average Bonchev–Trinajstić information content (AvgIpc) is 3.73. The van der Waals surface area contributed by atoms with Crippen LogP contribution < -0.4 is 24.4 Å². The summed E-state index contributed by atoms with van der Waals surface area (Å²) in [6.07, 6.45) is 3.71. The predicted molar refractivity (Wildman–Crippen MR) is 156 cm³/mol. The first-order chi connectivity index (χ1) is 20.0. The van der Waals surface area contributed by atoms with Gasteiger partial charge in [0.25, 0.3) is 0 Å². The smallest absolute Gasteiger partial charge is 0.322 e. The van der Waals surface area contributed by atoms with Crippen LogP contribution in [0, 0.1) is 0 Å². The van der Waals surface area contributed by atoms with Crippen LogP contribution in [0.15, 0.2) is 85.1 Å². The Balaban J connectivity index is 1.38. The summed E-state index contributed by atoms with van der Waals surface area (Å²) in [7, 11) is 4.83. The summed E-state index contributed by atoms with van der Waals surface area (Å²) >= 11 is 0. The lowest BCUT2D eigenvalue weighted by Gasteiger charge is -2.40. The Morgan fingerprint density at radius 2 is 1.56 bits per heavy atom. The van der Waals surface area contributed by atoms with Crippen molar-refractivity contribution in [2.24, 2.45) is 0 Å². The minimum Gasteiger partial charge on any atom is -0.497 e. The van der Waals surface area contributed by atoms with Crippen molar-refractivity contribution in [3.63, 3.8) is 0 Å². The highest BCUT2D eigenvalue weighted by molar-refractivity contribution is 6.01. The maximum absolute atomic E-state index is 14.4. The summed E-state index contributed by atoms with van der Waals surface area (Å²) < 4.78 is 18.6. The predicted octanol–water partition coefficient (Wildman–Crippen LogP) is 5.64. The van der Waals surface area contributed by atoms with Gasteiger partial charge in [0, 0.05) is 23.5 Å². The second kappa shape index (κ2) is 10.9. The number of nitrogens with one attached hydrogen (secondary N) is 1. The third-order valence-corrected chi connectivity index (χ3v) is 7.62. The monoisotopic (exact) mass is 552 g/mol. The lowest BCUT2D eigenvalue weighted by Crippen LogP contribution is -2.48. The molecular formula is C32H32N4O5. The number of urea groups is 1. The minimum absolute atomic E-state index is 0.00546. The maximum Gasteiger partial charge on any atom is 0.322 e. The summed E-state index contributed by atoms with van der Waals surface area (Å²) in [5.74, 6) is 1.79. The summed E-state index contributed by atoms with van der Waals surface area (Å²) in [6, 6.07) is 23.7. The van der Waals surface area contributed by atoms with Crippen LogP contribution in [0.3, 0.4) is 0 Å². The van der Waals surface area contributed by atoms with Crippen molar-refractivity contribution in [3.05, 3.63) is 96.3 Å². The number of hydrogen-bond acceptors (Lipinski definition) is 5. The van der Waals surface area contributed by atoms with Crippen LogP contribution in [0.1, 0.15) is 30.1 Å². The molecule has 4 aromatic rings. The molecule has 1 unspecified atom stereocenters. The van der Waals surface area contributed by atoms with E-state index >= 15 is 0 Å². The molecule has 9 heteroatoms. The Morgan fingerprint density at radius 1 is 0.854 bits per heavy atom. The van der Waals surface area contributed by atoms with Gasteiger partial charge in [-0.1, -0.05) is 12.1 Å². The molecule has 210 valence electrons. The molecular weight excluding hydrogens is 520 g/mol. The molecule has 0 bridgehead atoms. The quantitative estimate of drug-likeness (QED) is 0.306. The van der Waals surface area contributed by atoms with E-state index in [4.69, 9.17) is 14.2 Å². The molecule has 9 nitrogen and oxygen atoms in total. The molecule has 41 heavy (non-hydrogen) atoms. The number of hydrogen-bond donors (Lipinski definition) is 1. The van der Waals surface area contributed by atoms with E-state index in [9.17, 15) is 9.59 Å². The minimum atomic E-state index is -0.511. The molecule has 1 aromatic heterocycles. The second-order valence-corrected chi connectivity index (χ2v) is 10.1. The molecule has 6 rings (SSSR count). The normalized spacial score (nSPS) is 15.4. The fourth-order valence-electron chi connectivity index (χ4n) is 5.45. The van der Waals surface area contributed by atoms with E-state index in [1.807, 2.05) is 60.8 Å². The molecule has 1 fully saturated rings. The van der Waals surface area contributed by atoms with Gasteiger partial charge < -0.3 is 29.0 Å². The highest BCUT2D eigenvalue weighted by atomic mass is 16.5. The number of fused-ring (bicyclic) bond motifs is 3. The molecule has 2 aliphatic rings. The Kier molecular flexibility index (Phi) is 7.01. The SMILES string of the molecule is COc1ccc(NC(=O)N(CC(=O)N2c3ccccc3-n3cccc3C2c2cc(OC)ccc2OC)C2CC2)cc1. The van der Waals surface area contributed by atoms with Crippen molar-refractivity contribution in [3.8, 4) is 22.9 Å². The molecule has 0 saturated heterocycles. The Morgan fingerprint density at radius 3 is 2.24 bits per heavy atom. The molecule has 0 spiro atoms. The number of rotatable bonds is 8. The molecule has 3 aromatic carbocycles. The van der Waals surface area contributed by atoms with E-state index in [0.717, 1.165) is 35.5 Å². The van der Waals surface area contributed by atoms with Gasteiger partial charge in [0.1, 0.15) is 29.8 Å². The highest BCUT2D eigenvalue weighted by Crippen LogP contribution is 2.45. The van der Waals surface area contributed by atoms with Gasteiger partial charge in [-0.05, 0) is 79.6 Å². The lowest BCUT2D eigenvalue weighted by atomic mass is 9.96. The van der Waals surface area contributed by atoms with Crippen molar-refractivity contribution in [1.29, 1.82) is 0 Å². The standard InChI is InChI=1S/C32H32N4O5/c1-39-23-14-10-21(11-15-23)33-32(38)35(22-12-13-22)20-30(37)36-27-8-5-4-7-26(27)34-18-6-9-28(34)31(36)25-19-24(40-2)16-17-29(25)41-3/h4-11,14-19,22,31H,12-13,20H2,1-3H3,(H,33,38). The van der Waals surface area contributed by atoms with Crippen LogP contribution in [-0.2, 0) is 4.79 Å². The van der Waals surface area contributed by atoms with Gasteiger partial charge in [-0.2, -0.15) is 0 Å².